The Morgan fingerprint density at radius 1 is 1.14 bits per heavy atom. The number of halogens is 3. The molecule has 1 heterocycles. The second-order valence-electron chi connectivity index (χ2n) is 5.66. The summed E-state index contributed by atoms with van der Waals surface area (Å²) in [5.41, 5.74) is -0.651. The number of benzene rings is 2. The van der Waals surface area contributed by atoms with E-state index in [0.29, 0.717) is 0 Å². The standard InChI is InChI=1S/C17H14F3N3O4S2/c1-27-15-8-10(17(18,19)20)2-4-13(15)22-12-5-3-11(9-14(12)24)29(25,26)23-16-21-6-7-28-16/h2-9,22,24H,1H3,(H,21,23). The summed E-state index contributed by atoms with van der Waals surface area (Å²) in [6.07, 6.45) is -3.10. The Morgan fingerprint density at radius 3 is 2.45 bits per heavy atom. The van der Waals surface area contributed by atoms with E-state index in [1.54, 1.807) is 5.38 Å². The first-order valence-electron chi connectivity index (χ1n) is 7.88. The van der Waals surface area contributed by atoms with E-state index >= 15 is 0 Å². The molecule has 0 aliphatic rings. The van der Waals surface area contributed by atoms with Gasteiger partial charge >= 0.3 is 6.18 Å². The van der Waals surface area contributed by atoms with Crippen molar-refractivity contribution in [1.82, 2.24) is 4.98 Å². The number of phenols is 1. The number of alkyl halides is 3. The molecule has 0 amide bonds. The van der Waals surface area contributed by atoms with E-state index in [1.165, 1.54) is 25.4 Å². The fourth-order valence-electron chi connectivity index (χ4n) is 2.35. The second-order valence-corrected chi connectivity index (χ2v) is 8.24. The molecule has 0 unspecified atom stereocenters. The van der Waals surface area contributed by atoms with Crippen LogP contribution in [0.25, 0.3) is 0 Å². The summed E-state index contributed by atoms with van der Waals surface area (Å²) in [6, 6.07) is 6.34. The molecule has 3 aromatic rings. The second kappa shape index (κ2) is 7.79. The van der Waals surface area contributed by atoms with Crippen molar-refractivity contribution in [2.45, 2.75) is 11.1 Å². The van der Waals surface area contributed by atoms with Gasteiger partial charge in [-0.3, -0.25) is 4.72 Å². The smallest absolute Gasteiger partial charge is 0.416 e. The number of anilines is 3. The number of aromatic nitrogens is 1. The summed E-state index contributed by atoms with van der Waals surface area (Å²) < 4.78 is 70.5. The van der Waals surface area contributed by atoms with Crippen LogP contribution in [0.4, 0.5) is 29.7 Å². The minimum atomic E-state index is -4.53. The van der Waals surface area contributed by atoms with Gasteiger partial charge in [-0.1, -0.05) is 0 Å². The first kappa shape index (κ1) is 20.7. The number of hydrogen-bond donors (Lipinski definition) is 3. The molecule has 1 aromatic heterocycles. The maximum Gasteiger partial charge on any atom is 0.416 e. The van der Waals surface area contributed by atoms with Gasteiger partial charge in [-0.2, -0.15) is 13.2 Å². The van der Waals surface area contributed by atoms with Gasteiger partial charge in [0.15, 0.2) is 5.13 Å². The zero-order valence-corrected chi connectivity index (χ0v) is 16.3. The van der Waals surface area contributed by atoms with E-state index < -0.39 is 27.5 Å². The van der Waals surface area contributed by atoms with Crippen molar-refractivity contribution in [3.05, 3.63) is 53.5 Å². The summed E-state index contributed by atoms with van der Waals surface area (Å²) >= 11 is 1.09. The van der Waals surface area contributed by atoms with Crippen molar-refractivity contribution in [1.29, 1.82) is 0 Å². The molecule has 0 radical (unpaired) electrons. The molecule has 2 aromatic carbocycles. The molecule has 0 saturated carbocycles. The molecular formula is C17H14F3N3O4S2. The number of sulfonamides is 1. The van der Waals surface area contributed by atoms with Gasteiger partial charge in [-0.15, -0.1) is 11.3 Å². The molecule has 3 rings (SSSR count). The maximum absolute atomic E-state index is 12.8. The third-order valence-corrected chi connectivity index (χ3v) is 5.89. The predicted octanol–water partition coefficient (Wildman–Crippen LogP) is 4.42. The quantitative estimate of drug-likeness (QED) is 0.486. The Kier molecular flexibility index (Phi) is 5.57. The van der Waals surface area contributed by atoms with Crippen molar-refractivity contribution < 1.29 is 31.4 Å². The van der Waals surface area contributed by atoms with Crippen LogP contribution in [0.1, 0.15) is 5.56 Å². The van der Waals surface area contributed by atoms with Crippen LogP contribution in [0.5, 0.6) is 11.5 Å². The minimum absolute atomic E-state index is 0.0799. The lowest BCUT2D eigenvalue weighted by Gasteiger charge is -2.15. The molecule has 154 valence electrons. The largest absolute Gasteiger partial charge is 0.506 e. The van der Waals surface area contributed by atoms with Crippen molar-refractivity contribution in [2.75, 3.05) is 17.1 Å². The number of rotatable bonds is 6. The van der Waals surface area contributed by atoms with Crippen LogP contribution in [0.2, 0.25) is 0 Å². The monoisotopic (exact) mass is 445 g/mol. The zero-order chi connectivity index (χ0) is 21.2. The van der Waals surface area contributed by atoms with Crippen LogP contribution >= 0.6 is 11.3 Å². The maximum atomic E-state index is 12.8. The first-order chi connectivity index (χ1) is 13.6. The van der Waals surface area contributed by atoms with Crippen molar-refractivity contribution in [3.8, 4) is 11.5 Å². The molecule has 0 aliphatic carbocycles. The Labute approximate surface area is 167 Å². The van der Waals surface area contributed by atoms with E-state index in [9.17, 15) is 26.7 Å². The molecule has 0 aliphatic heterocycles. The molecule has 0 atom stereocenters. The summed E-state index contributed by atoms with van der Waals surface area (Å²) in [7, 11) is -2.76. The molecule has 29 heavy (non-hydrogen) atoms. The number of ether oxygens (including phenoxy) is 1. The molecule has 0 saturated heterocycles. The minimum Gasteiger partial charge on any atom is -0.506 e. The Balaban J connectivity index is 1.86. The van der Waals surface area contributed by atoms with E-state index in [4.69, 9.17) is 4.74 Å². The highest BCUT2D eigenvalue weighted by molar-refractivity contribution is 7.93. The van der Waals surface area contributed by atoms with Crippen LogP contribution in [-0.4, -0.2) is 25.6 Å². The average Bonchev–Trinajstić information content (AvgIpc) is 3.14. The van der Waals surface area contributed by atoms with Crippen molar-refractivity contribution in [3.63, 3.8) is 0 Å². The highest BCUT2D eigenvalue weighted by Crippen LogP contribution is 2.38. The zero-order valence-electron chi connectivity index (χ0n) is 14.7. The fourth-order valence-corrected chi connectivity index (χ4v) is 4.16. The average molecular weight is 445 g/mol. The number of phenolic OH excluding ortho intramolecular Hbond substituents is 1. The van der Waals surface area contributed by atoms with Gasteiger partial charge in [0.2, 0.25) is 0 Å². The Bertz CT molecular complexity index is 1120. The van der Waals surface area contributed by atoms with Gasteiger partial charge in [0.1, 0.15) is 11.5 Å². The third kappa shape index (κ3) is 4.71. The van der Waals surface area contributed by atoms with Crippen LogP contribution in [0, 0.1) is 0 Å². The number of nitrogens with one attached hydrogen (secondary N) is 2. The highest BCUT2D eigenvalue weighted by Gasteiger charge is 2.31. The van der Waals surface area contributed by atoms with Gasteiger partial charge in [0.05, 0.1) is 28.9 Å². The number of aromatic hydroxyl groups is 1. The number of thiazole rings is 1. The van der Waals surface area contributed by atoms with Gasteiger partial charge in [-0.25, -0.2) is 13.4 Å². The van der Waals surface area contributed by atoms with Crippen LogP contribution in [0.15, 0.2) is 52.9 Å². The van der Waals surface area contributed by atoms with Gasteiger partial charge < -0.3 is 15.2 Å². The normalized spacial score (nSPS) is 11.9. The molecule has 0 spiro atoms. The van der Waals surface area contributed by atoms with Gasteiger partial charge in [-0.05, 0) is 30.3 Å². The summed E-state index contributed by atoms with van der Waals surface area (Å²) in [5.74, 6) is -0.518. The van der Waals surface area contributed by atoms with Crippen molar-refractivity contribution in [2.24, 2.45) is 0 Å². The van der Waals surface area contributed by atoms with Gasteiger partial charge in [0.25, 0.3) is 10.0 Å². The van der Waals surface area contributed by atoms with E-state index in [0.717, 1.165) is 35.6 Å². The van der Waals surface area contributed by atoms with Gasteiger partial charge in [0, 0.05) is 17.6 Å². The number of hydrogen-bond acceptors (Lipinski definition) is 7. The van der Waals surface area contributed by atoms with Crippen molar-refractivity contribution >= 4 is 37.9 Å². The van der Waals surface area contributed by atoms with E-state index in [-0.39, 0.29) is 27.2 Å². The lowest BCUT2D eigenvalue weighted by atomic mass is 10.1. The molecular weight excluding hydrogens is 431 g/mol. The summed E-state index contributed by atoms with van der Waals surface area (Å²) in [6.45, 7) is 0. The van der Waals surface area contributed by atoms with E-state index in [1.807, 2.05) is 0 Å². The highest BCUT2D eigenvalue weighted by atomic mass is 32.2. The van der Waals surface area contributed by atoms with Crippen LogP contribution in [-0.2, 0) is 16.2 Å². The molecule has 0 fully saturated rings. The Morgan fingerprint density at radius 2 is 1.86 bits per heavy atom. The molecule has 7 nitrogen and oxygen atoms in total. The number of nitrogens with zero attached hydrogens (tertiary/aromatic N) is 1. The Hall–Kier alpha value is -2.99. The van der Waals surface area contributed by atoms with E-state index in [2.05, 4.69) is 15.0 Å². The third-order valence-electron chi connectivity index (χ3n) is 3.73. The summed E-state index contributed by atoms with van der Waals surface area (Å²) in [5, 5.41) is 14.7. The summed E-state index contributed by atoms with van der Waals surface area (Å²) in [4.78, 5) is 3.61. The topological polar surface area (TPSA) is 101 Å². The van der Waals surface area contributed by atoms with Crippen LogP contribution < -0.4 is 14.8 Å². The predicted molar refractivity (Wildman–Crippen MR) is 102 cm³/mol. The SMILES string of the molecule is COc1cc(C(F)(F)F)ccc1Nc1ccc(S(=O)(=O)Nc2nccs2)cc1O. The lowest BCUT2D eigenvalue weighted by molar-refractivity contribution is -0.137. The molecule has 12 heteroatoms. The number of methoxy groups -OCH3 is 1. The molecule has 3 N–H and O–H groups in total. The lowest BCUT2D eigenvalue weighted by Crippen LogP contribution is -2.12. The fraction of sp³-hybridized carbons (Fsp3) is 0.118. The first-order valence-corrected chi connectivity index (χ1v) is 10.2. The molecule has 0 bridgehead atoms. The van der Waals surface area contributed by atoms with Crippen LogP contribution in [0.3, 0.4) is 0 Å².